The number of thioether (sulfide) groups is 1. The minimum atomic E-state index is 0.000220. The molecule has 3 rings (SSSR count). The third-order valence-corrected chi connectivity index (χ3v) is 5.32. The van der Waals surface area contributed by atoms with E-state index < -0.39 is 0 Å². The number of fused-ring (bicyclic) bond motifs is 1. The van der Waals surface area contributed by atoms with Crippen LogP contribution in [-0.4, -0.2) is 30.9 Å². The van der Waals surface area contributed by atoms with Gasteiger partial charge >= 0.3 is 0 Å². The Morgan fingerprint density at radius 3 is 3.05 bits per heavy atom. The van der Waals surface area contributed by atoms with Gasteiger partial charge in [-0.1, -0.05) is 18.5 Å². The van der Waals surface area contributed by atoms with E-state index in [9.17, 15) is 4.79 Å². The fourth-order valence-electron chi connectivity index (χ4n) is 2.69. The summed E-state index contributed by atoms with van der Waals surface area (Å²) in [6.07, 6.45) is 1.82. The minimum absolute atomic E-state index is 0.000220. The number of hydrogen-bond donors (Lipinski definition) is 0. The molecule has 1 aromatic carbocycles. The molecule has 1 amide bonds. The molecular formula is C15H18ClNO2S. The molecular weight excluding hydrogens is 294 g/mol. The molecule has 20 heavy (non-hydrogen) atoms. The van der Waals surface area contributed by atoms with Gasteiger partial charge in [-0.15, -0.1) is 11.8 Å². The van der Waals surface area contributed by atoms with Crippen LogP contribution in [0.5, 0.6) is 0 Å². The summed E-state index contributed by atoms with van der Waals surface area (Å²) in [4.78, 5) is 15.8. The highest BCUT2D eigenvalue weighted by molar-refractivity contribution is 8.00. The lowest BCUT2D eigenvalue weighted by atomic mass is 10.1. The first-order valence-corrected chi connectivity index (χ1v) is 8.26. The molecule has 3 nitrogen and oxygen atoms in total. The third kappa shape index (κ3) is 2.83. The maximum absolute atomic E-state index is 12.7. The second kappa shape index (κ2) is 5.96. The van der Waals surface area contributed by atoms with E-state index in [1.54, 1.807) is 0 Å². The second-order valence-electron chi connectivity index (χ2n) is 5.38. The van der Waals surface area contributed by atoms with Crippen LogP contribution in [0, 0.1) is 5.92 Å². The number of rotatable bonds is 1. The summed E-state index contributed by atoms with van der Waals surface area (Å²) < 4.78 is 5.35. The quantitative estimate of drug-likeness (QED) is 0.793. The average Bonchev–Trinajstić information content (AvgIpc) is 2.90. The summed E-state index contributed by atoms with van der Waals surface area (Å²) in [6, 6.07) is 5.83. The predicted molar refractivity (Wildman–Crippen MR) is 82.7 cm³/mol. The van der Waals surface area contributed by atoms with Crippen molar-refractivity contribution in [2.45, 2.75) is 29.9 Å². The van der Waals surface area contributed by atoms with Crippen LogP contribution in [0.1, 0.15) is 19.8 Å². The van der Waals surface area contributed by atoms with E-state index >= 15 is 0 Å². The van der Waals surface area contributed by atoms with Gasteiger partial charge in [0, 0.05) is 28.3 Å². The SMILES string of the molecule is C[C@@H]1CCN(C(=O)[C@@H]2CCOC2)c2cc(Cl)ccc2S1. The third-order valence-electron chi connectivity index (χ3n) is 3.84. The van der Waals surface area contributed by atoms with Crippen molar-refractivity contribution in [3.63, 3.8) is 0 Å². The zero-order valence-corrected chi connectivity index (χ0v) is 13.0. The van der Waals surface area contributed by atoms with E-state index in [-0.39, 0.29) is 11.8 Å². The summed E-state index contributed by atoms with van der Waals surface area (Å²) in [5, 5.41) is 1.19. The number of amides is 1. The van der Waals surface area contributed by atoms with Crippen LogP contribution in [0.25, 0.3) is 0 Å². The van der Waals surface area contributed by atoms with Crippen LogP contribution in [-0.2, 0) is 9.53 Å². The molecule has 1 aromatic rings. The minimum Gasteiger partial charge on any atom is -0.381 e. The Morgan fingerprint density at radius 2 is 2.30 bits per heavy atom. The Hall–Kier alpha value is -0.710. The molecule has 1 fully saturated rings. The number of hydrogen-bond acceptors (Lipinski definition) is 3. The smallest absolute Gasteiger partial charge is 0.232 e. The van der Waals surface area contributed by atoms with E-state index in [1.165, 1.54) is 0 Å². The fourth-order valence-corrected chi connectivity index (χ4v) is 3.95. The van der Waals surface area contributed by atoms with Crippen LogP contribution in [0.15, 0.2) is 23.1 Å². The number of ether oxygens (including phenoxy) is 1. The van der Waals surface area contributed by atoms with Crippen LogP contribution in [0.2, 0.25) is 5.02 Å². The van der Waals surface area contributed by atoms with Crippen molar-refractivity contribution in [3.8, 4) is 0 Å². The Bertz CT molecular complexity index is 517. The lowest BCUT2D eigenvalue weighted by molar-refractivity contribution is -0.122. The van der Waals surface area contributed by atoms with Gasteiger partial charge < -0.3 is 9.64 Å². The van der Waals surface area contributed by atoms with Gasteiger partial charge in [-0.2, -0.15) is 0 Å². The van der Waals surface area contributed by atoms with Crippen molar-refractivity contribution in [1.29, 1.82) is 0 Å². The monoisotopic (exact) mass is 311 g/mol. The molecule has 2 atom stereocenters. The van der Waals surface area contributed by atoms with Crippen molar-refractivity contribution in [1.82, 2.24) is 0 Å². The second-order valence-corrected chi connectivity index (χ2v) is 7.30. The highest BCUT2D eigenvalue weighted by atomic mass is 35.5. The molecule has 0 aliphatic carbocycles. The van der Waals surface area contributed by atoms with Gasteiger partial charge in [-0.25, -0.2) is 0 Å². The number of carbonyl (C=O) groups is 1. The zero-order valence-electron chi connectivity index (χ0n) is 11.5. The Kier molecular flexibility index (Phi) is 4.24. The molecule has 0 aromatic heterocycles. The van der Waals surface area contributed by atoms with Crippen LogP contribution < -0.4 is 4.90 Å². The first-order chi connectivity index (χ1) is 9.65. The molecule has 0 radical (unpaired) electrons. The largest absolute Gasteiger partial charge is 0.381 e. The molecule has 108 valence electrons. The molecule has 0 bridgehead atoms. The van der Waals surface area contributed by atoms with Gasteiger partial charge in [0.2, 0.25) is 5.91 Å². The molecule has 2 aliphatic heterocycles. The topological polar surface area (TPSA) is 29.5 Å². The number of nitrogens with zero attached hydrogens (tertiary/aromatic N) is 1. The number of anilines is 1. The summed E-state index contributed by atoms with van der Waals surface area (Å²) in [7, 11) is 0. The van der Waals surface area contributed by atoms with Gasteiger partial charge in [0.25, 0.3) is 0 Å². The van der Waals surface area contributed by atoms with E-state index in [0.29, 0.717) is 23.5 Å². The standard InChI is InChI=1S/C15H18ClNO2S/c1-10-4-6-17(15(18)11-5-7-19-9-11)13-8-12(16)2-3-14(13)20-10/h2-3,8,10-11H,4-7,9H2,1H3/t10-,11-/m1/s1. The van der Waals surface area contributed by atoms with Gasteiger partial charge in [0.05, 0.1) is 18.2 Å². The van der Waals surface area contributed by atoms with Crippen molar-refractivity contribution in [3.05, 3.63) is 23.2 Å². The number of halogens is 1. The van der Waals surface area contributed by atoms with Crippen molar-refractivity contribution < 1.29 is 9.53 Å². The molecule has 2 heterocycles. The molecule has 0 spiro atoms. The van der Waals surface area contributed by atoms with Gasteiger partial charge in [0.15, 0.2) is 0 Å². The van der Waals surface area contributed by atoms with Crippen LogP contribution in [0.4, 0.5) is 5.69 Å². The maximum atomic E-state index is 12.7. The lowest BCUT2D eigenvalue weighted by Gasteiger charge is -2.25. The Balaban J connectivity index is 1.94. The highest BCUT2D eigenvalue weighted by Gasteiger charge is 2.31. The van der Waals surface area contributed by atoms with E-state index in [0.717, 1.165) is 30.0 Å². The Labute approximate surface area is 128 Å². The highest BCUT2D eigenvalue weighted by Crippen LogP contribution is 2.39. The predicted octanol–water partition coefficient (Wildman–Crippen LogP) is 3.59. The molecule has 0 N–H and O–H groups in total. The van der Waals surface area contributed by atoms with Crippen molar-refractivity contribution >= 4 is 35.0 Å². The van der Waals surface area contributed by atoms with Crippen LogP contribution >= 0.6 is 23.4 Å². The molecule has 0 unspecified atom stereocenters. The Morgan fingerprint density at radius 1 is 1.45 bits per heavy atom. The average molecular weight is 312 g/mol. The van der Waals surface area contributed by atoms with Crippen LogP contribution in [0.3, 0.4) is 0 Å². The fraction of sp³-hybridized carbons (Fsp3) is 0.533. The van der Waals surface area contributed by atoms with Crippen molar-refractivity contribution in [2.75, 3.05) is 24.7 Å². The van der Waals surface area contributed by atoms with E-state index in [1.807, 2.05) is 34.9 Å². The molecule has 1 saturated heterocycles. The van der Waals surface area contributed by atoms with Gasteiger partial charge in [-0.05, 0) is 31.0 Å². The maximum Gasteiger partial charge on any atom is 0.232 e. The first-order valence-electron chi connectivity index (χ1n) is 7.00. The summed E-state index contributed by atoms with van der Waals surface area (Å²) in [6.45, 7) is 4.21. The van der Waals surface area contributed by atoms with Crippen molar-refractivity contribution in [2.24, 2.45) is 5.92 Å². The number of carbonyl (C=O) groups excluding carboxylic acids is 1. The van der Waals surface area contributed by atoms with E-state index in [2.05, 4.69) is 6.92 Å². The van der Waals surface area contributed by atoms with Gasteiger partial charge in [-0.3, -0.25) is 4.79 Å². The normalized spacial score (nSPS) is 26.2. The summed E-state index contributed by atoms with van der Waals surface area (Å²) >= 11 is 7.95. The summed E-state index contributed by atoms with van der Waals surface area (Å²) in [5.41, 5.74) is 0.962. The zero-order chi connectivity index (χ0) is 14.1. The molecule has 2 aliphatic rings. The first kappa shape index (κ1) is 14.2. The summed E-state index contributed by atoms with van der Waals surface area (Å²) in [5.74, 6) is 0.181. The number of benzene rings is 1. The van der Waals surface area contributed by atoms with E-state index in [4.69, 9.17) is 16.3 Å². The lowest BCUT2D eigenvalue weighted by Crippen LogP contribution is -2.37. The molecule has 0 saturated carbocycles. The van der Waals surface area contributed by atoms with Gasteiger partial charge in [0.1, 0.15) is 0 Å². The molecule has 5 heteroatoms.